The highest BCUT2D eigenvalue weighted by Crippen LogP contribution is 2.09. The zero-order valence-electron chi connectivity index (χ0n) is 9.23. The molecule has 74 valence electrons. The van der Waals surface area contributed by atoms with Crippen molar-refractivity contribution in [3.05, 3.63) is 0 Å². The molecular weight excluding hydrogens is 160 g/mol. The average molecular weight is 186 g/mol. The minimum Gasteiger partial charge on any atom is -0.0654 e. The zero-order chi connectivity index (χ0) is 9.23. The van der Waals surface area contributed by atoms with E-state index >= 15 is 0 Å². The van der Waals surface area contributed by atoms with E-state index in [1.54, 1.807) is 12.1 Å². The van der Waals surface area contributed by atoms with E-state index in [9.17, 15) is 0 Å². The van der Waals surface area contributed by atoms with E-state index in [0.29, 0.717) is 9.52 Å². The van der Waals surface area contributed by atoms with Crippen molar-refractivity contribution in [2.24, 2.45) is 5.92 Å². The molecule has 0 amide bonds. The van der Waals surface area contributed by atoms with Gasteiger partial charge in [0.1, 0.15) is 0 Å². The first-order valence-electron chi connectivity index (χ1n) is 5.81. The SMILES string of the molecule is CCCCCC[SiH2]C[C@@H](C)CC. The van der Waals surface area contributed by atoms with Gasteiger partial charge in [0, 0.05) is 9.52 Å². The zero-order valence-corrected chi connectivity index (χ0v) is 10.6. The fraction of sp³-hybridized carbons (Fsp3) is 1.00. The van der Waals surface area contributed by atoms with E-state index in [1.165, 1.54) is 32.1 Å². The van der Waals surface area contributed by atoms with Gasteiger partial charge in [-0.1, -0.05) is 65.0 Å². The summed E-state index contributed by atoms with van der Waals surface area (Å²) in [6.45, 7) is 7.01. The molecule has 0 heterocycles. The maximum absolute atomic E-state index is 2.40. The summed E-state index contributed by atoms with van der Waals surface area (Å²) in [4.78, 5) is 0. The molecule has 0 aliphatic rings. The monoisotopic (exact) mass is 186 g/mol. The van der Waals surface area contributed by atoms with E-state index in [0.717, 1.165) is 5.92 Å². The molecule has 0 aliphatic carbocycles. The van der Waals surface area contributed by atoms with E-state index in [1.807, 2.05) is 0 Å². The fourth-order valence-corrected chi connectivity index (χ4v) is 3.58. The van der Waals surface area contributed by atoms with Crippen LogP contribution in [0.5, 0.6) is 0 Å². The molecule has 0 radical (unpaired) electrons. The second-order valence-electron chi connectivity index (χ2n) is 4.07. The van der Waals surface area contributed by atoms with Crippen molar-refractivity contribution in [3.63, 3.8) is 0 Å². The quantitative estimate of drug-likeness (QED) is 0.401. The Morgan fingerprint density at radius 1 is 1.08 bits per heavy atom. The molecule has 0 aromatic carbocycles. The lowest BCUT2D eigenvalue weighted by molar-refractivity contribution is 0.619. The molecule has 1 heteroatoms. The second kappa shape index (κ2) is 9.31. The van der Waals surface area contributed by atoms with Gasteiger partial charge in [0.25, 0.3) is 0 Å². The van der Waals surface area contributed by atoms with Gasteiger partial charge in [0.2, 0.25) is 0 Å². The summed E-state index contributed by atoms with van der Waals surface area (Å²) in [6.07, 6.45) is 7.24. The Labute approximate surface area is 81.0 Å². The van der Waals surface area contributed by atoms with Gasteiger partial charge in [-0.15, -0.1) is 0 Å². The molecule has 0 nitrogen and oxygen atoms in total. The molecule has 0 aromatic rings. The molecular formula is C11H26Si. The van der Waals surface area contributed by atoms with Gasteiger partial charge in [-0.25, -0.2) is 0 Å². The third kappa shape index (κ3) is 8.31. The molecule has 0 unspecified atom stereocenters. The largest absolute Gasteiger partial charge is 0.0654 e. The summed E-state index contributed by atoms with van der Waals surface area (Å²) in [5, 5.41) is 0. The van der Waals surface area contributed by atoms with Gasteiger partial charge in [0.15, 0.2) is 0 Å². The van der Waals surface area contributed by atoms with Crippen molar-refractivity contribution < 1.29 is 0 Å². The number of unbranched alkanes of at least 4 members (excludes halogenated alkanes) is 3. The Kier molecular flexibility index (Phi) is 9.47. The Morgan fingerprint density at radius 2 is 1.83 bits per heavy atom. The van der Waals surface area contributed by atoms with E-state index in [4.69, 9.17) is 0 Å². The standard InChI is InChI=1S/C11H26Si/c1-4-6-7-8-9-12-10-11(3)5-2/h11H,4-10,12H2,1-3H3/t11-/m0/s1. The fourth-order valence-electron chi connectivity index (χ4n) is 1.48. The summed E-state index contributed by atoms with van der Waals surface area (Å²) in [7, 11) is 0.325. The number of hydrogen-bond donors (Lipinski definition) is 0. The first-order chi connectivity index (χ1) is 5.81. The minimum atomic E-state index is 0.325. The summed E-state index contributed by atoms with van der Waals surface area (Å²) in [5.41, 5.74) is 0. The van der Waals surface area contributed by atoms with Gasteiger partial charge in [-0.3, -0.25) is 0 Å². The molecule has 0 aliphatic heterocycles. The van der Waals surface area contributed by atoms with Crippen molar-refractivity contribution in [1.29, 1.82) is 0 Å². The summed E-state index contributed by atoms with van der Waals surface area (Å²) in [5.74, 6) is 1.02. The Bertz CT molecular complexity index is 81.1. The number of hydrogen-bond acceptors (Lipinski definition) is 0. The molecule has 1 atom stereocenters. The Morgan fingerprint density at radius 3 is 2.42 bits per heavy atom. The molecule has 0 fully saturated rings. The van der Waals surface area contributed by atoms with Crippen LogP contribution in [0, 0.1) is 5.92 Å². The predicted molar refractivity (Wildman–Crippen MR) is 61.8 cm³/mol. The average Bonchev–Trinajstić information content (AvgIpc) is 2.10. The highest BCUT2D eigenvalue weighted by atomic mass is 28.2. The highest BCUT2D eigenvalue weighted by molar-refractivity contribution is 6.35. The third-order valence-electron chi connectivity index (χ3n) is 2.75. The second-order valence-corrected chi connectivity index (χ2v) is 6.06. The van der Waals surface area contributed by atoms with E-state index < -0.39 is 0 Å². The lowest BCUT2D eigenvalue weighted by Gasteiger charge is -2.06. The number of rotatable bonds is 8. The van der Waals surface area contributed by atoms with Gasteiger partial charge in [-0.05, 0) is 5.92 Å². The smallest absolute Gasteiger partial charge is 0.0200 e. The molecule has 0 saturated heterocycles. The molecule has 0 saturated carbocycles. The molecule has 0 N–H and O–H groups in total. The van der Waals surface area contributed by atoms with Crippen LogP contribution in [0.25, 0.3) is 0 Å². The summed E-state index contributed by atoms with van der Waals surface area (Å²) >= 11 is 0. The van der Waals surface area contributed by atoms with Crippen LogP contribution in [0.4, 0.5) is 0 Å². The van der Waals surface area contributed by atoms with Crippen LogP contribution in [-0.2, 0) is 0 Å². The van der Waals surface area contributed by atoms with Crippen LogP contribution in [0.1, 0.15) is 52.9 Å². The Hall–Kier alpha value is 0.217. The van der Waals surface area contributed by atoms with Crippen LogP contribution in [-0.4, -0.2) is 9.52 Å². The summed E-state index contributed by atoms with van der Waals surface area (Å²) < 4.78 is 0. The van der Waals surface area contributed by atoms with Crippen molar-refractivity contribution in [3.8, 4) is 0 Å². The Balaban J connectivity index is 2.90. The van der Waals surface area contributed by atoms with Crippen molar-refractivity contribution in [2.75, 3.05) is 0 Å². The maximum Gasteiger partial charge on any atom is 0.0200 e. The topological polar surface area (TPSA) is 0 Å². The molecule has 0 aromatic heterocycles. The van der Waals surface area contributed by atoms with Crippen molar-refractivity contribution in [2.45, 2.75) is 65.0 Å². The van der Waals surface area contributed by atoms with Gasteiger partial charge in [-0.2, -0.15) is 0 Å². The molecule has 0 spiro atoms. The minimum absolute atomic E-state index is 0.325. The molecule has 12 heavy (non-hydrogen) atoms. The first-order valence-corrected chi connectivity index (χ1v) is 7.81. The van der Waals surface area contributed by atoms with Crippen molar-refractivity contribution >= 4 is 9.52 Å². The molecule has 0 bridgehead atoms. The third-order valence-corrected chi connectivity index (χ3v) is 5.14. The van der Waals surface area contributed by atoms with Crippen LogP contribution in [0.2, 0.25) is 12.1 Å². The lowest BCUT2D eigenvalue weighted by Crippen LogP contribution is -1.98. The normalized spacial score (nSPS) is 14.2. The van der Waals surface area contributed by atoms with Crippen molar-refractivity contribution in [1.82, 2.24) is 0 Å². The van der Waals surface area contributed by atoms with Crippen LogP contribution >= 0.6 is 0 Å². The van der Waals surface area contributed by atoms with E-state index in [2.05, 4.69) is 20.8 Å². The predicted octanol–water partition coefficient (Wildman–Crippen LogP) is 3.62. The van der Waals surface area contributed by atoms with Crippen LogP contribution in [0.3, 0.4) is 0 Å². The van der Waals surface area contributed by atoms with E-state index in [-0.39, 0.29) is 0 Å². The van der Waals surface area contributed by atoms with Crippen LogP contribution < -0.4 is 0 Å². The lowest BCUT2D eigenvalue weighted by atomic mass is 10.2. The molecule has 0 rings (SSSR count). The highest BCUT2D eigenvalue weighted by Gasteiger charge is 1.98. The first kappa shape index (κ1) is 12.2. The van der Waals surface area contributed by atoms with Gasteiger partial charge in [0.05, 0.1) is 0 Å². The van der Waals surface area contributed by atoms with Gasteiger partial charge >= 0.3 is 0 Å². The van der Waals surface area contributed by atoms with Crippen LogP contribution in [0.15, 0.2) is 0 Å². The summed E-state index contributed by atoms with van der Waals surface area (Å²) in [6, 6.07) is 3.19. The van der Waals surface area contributed by atoms with Gasteiger partial charge < -0.3 is 0 Å². The maximum atomic E-state index is 2.40.